The number of unbranched alkanes of at least 4 members (excludes halogenated alkanes) is 1. The Morgan fingerprint density at radius 2 is 1.36 bits per heavy atom. The van der Waals surface area contributed by atoms with Gasteiger partial charge in [-0.05, 0) is 114 Å². The van der Waals surface area contributed by atoms with E-state index in [1.54, 1.807) is 67.4 Å². The molecule has 0 aromatic heterocycles. The van der Waals surface area contributed by atoms with Gasteiger partial charge in [-0.15, -0.1) is 0 Å². The smallest absolute Gasteiger partial charge is 0.322 e. The summed E-state index contributed by atoms with van der Waals surface area (Å²) >= 11 is 0. The fraction of sp³-hybridized carbons (Fsp3) is 0.585. The summed E-state index contributed by atoms with van der Waals surface area (Å²) in [6.45, 7) is 10.9. The monoisotopic (exact) mass is 1100 g/mol. The summed E-state index contributed by atoms with van der Waals surface area (Å²) in [5.41, 5.74) is 9.43. The summed E-state index contributed by atoms with van der Waals surface area (Å²) in [5, 5.41) is 18.2. The first-order valence-electron chi connectivity index (χ1n) is 25.5. The van der Waals surface area contributed by atoms with Crippen molar-refractivity contribution < 1.29 is 80.7 Å². The zero-order chi connectivity index (χ0) is 53.9. The van der Waals surface area contributed by atoms with Crippen LogP contribution < -0.4 is 37.2 Å². The molecule has 0 saturated carbocycles. The summed E-state index contributed by atoms with van der Waals surface area (Å²) in [5.74, 6) is -5.41. The zero-order valence-corrected chi connectivity index (χ0v) is 47.1. The molecule has 2 fully saturated rings. The Kier molecular flexibility index (Phi) is 26.2. The molecule has 2 aliphatic rings. The molecular formula is C53H77N10O10Y-. The Balaban J connectivity index is 0.0000144. The van der Waals surface area contributed by atoms with Crippen LogP contribution in [0.1, 0.15) is 110 Å². The summed E-state index contributed by atoms with van der Waals surface area (Å²) in [6.07, 6.45) is 2.81. The van der Waals surface area contributed by atoms with Crippen molar-refractivity contribution in [2.24, 2.45) is 23.7 Å². The van der Waals surface area contributed by atoms with Crippen molar-refractivity contribution in [2.45, 2.75) is 142 Å². The maximum Gasteiger partial charge on any atom is 0.322 e. The Labute approximate surface area is 460 Å². The van der Waals surface area contributed by atoms with Gasteiger partial charge in [-0.2, -0.15) is 0 Å². The molecule has 74 heavy (non-hydrogen) atoms. The van der Waals surface area contributed by atoms with Gasteiger partial charge in [0.05, 0.1) is 24.5 Å². The third-order valence-corrected chi connectivity index (χ3v) is 13.7. The molecule has 2 aromatic carbocycles. The molecule has 2 aliphatic heterocycles. The largest absolute Gasteiger partial charge is 0.447 e. The van der Waals surface area contributed by atoms with Crippen LogP contribution in [-0.4, -0.2) is 133 Å². The fourth-order valence-electron chi connectivity index (χ4n) is 9.23. The van der Waals surface area contributed by atoms with E-state index >= 15 is 0 Å². The van der Waals surface area contributed by atoms with Gasteiger partial charge in [-0.1, -0.05) is 63.6 Å². The number of urea groups is 2. The Morgan fingerprint density at radius 1 is 0.770 bits per heavy atom. The minimum absolute atomic E-state index is 0. The van der Waals surface area contributed by atoms with E-state index in [0.29, 0.717) is 55.2 Å². The van der Waals surface area contributed by atoms with E-state index in [9.17, 15) is 47.9 Å². The van der Waals surface area contributed by atoms with Gasteiger partial charge in [0.15, 0.2) is 23.4 Å². The molecule has 1 radical (unpaired) electrons. The van der Waals surface area contributed by atoms with Crippen LogP contribution in [0.3, 0.4) is 0 Å². The first-order chi connectivity index (χ1) is 34.6. The Bertz CT molecular complexity index is 2260. The van der Waals surface area contributed by atoms with Crippen LogP contribution in [-0.2, 0) is 83.9 Å². The summed E-state index contributed by atoms with van der Waals surface area (Å²) < 4.78 is 0. The van der Waals surface area contributed by atoms with Crippen molar-refractivity contribution in [2.75, 3.05) is 44.9 Å². The SMILES string of the molecule is CNC(=O)[C@@H](C)CC(=O)[C@@H]1CCCN1C(=O)[C@H](CCCCN(C)C(C)C)CC(=O)[C@H](CC(C)C)NC(=O)[C@H](CC(=O)[C@H](Cc1ccc(NC(=O)[C@@H]2CC(=O)NC(=O)N2)cc1)NC)Cc1ccc(NC([NH-])=O)cc1.[Y]. The first kappa shape index (κ1) is 62.9. The van der Waals surface area contributed by atoms with Crippen molar-refractivity contribution >= 4 is 70.3 Å². The van der Waals surface area contributed by atoms with Gasteiger partial charge >= 0.3 is 6.03 Å². The number of ketones is 3. The van der Waals surface area contributed by atoms with Gasteiger partial charge in [-0.25, -0.2) is 4.79 Å². The van der Waals surface area contributed by atoms with Crippen molar-refractivity contribution in [1.82, 2.24) is 36.4 Å². The second kappa shape index (κ2) is 30.8. The normalized spacial score (nSPS) is 17.5. The molecule has 21 heteroatoms. The van der Waals surface area contributed by atoms with Gasteiger partial charge in [0.2, 0.25) is 29.5 Å². The number of anilines is 2. The van der Waals surface area contributed by atoms with E-state index < -0.39 is 71.7 Å². The maximum atomic E-state index is 14.6. The number of hydrogen-bond donors (Lipinski definition) is 7. The number of imide groups is 1. The molecule has 403 valence electrons. The van der Waals surface area contributed by atoms with Crippen LogP contribution in [0.4, 0.5) is 21.0 Å². The van der Waals surface area contributed by atoms with E-state index in [1.165, 1.54) is 7.05 Å². The number of likely N-dealkylation sites (N-methyl/N-ethyl adjacent to an activating group) is 1. The molecule has 2 saturated heterocycles. The molecule has 8 N–H and O–H groups in total. The molecule has 0 aliphatic carbocycles. The van der Waals surface area contributed by atoms with Crippen LogP contribution in [0.15, 0.2) is 48.5 Å². The average molecular weight is 1100 g/mol. The number of nitrogens with one attached hydrogen (secondary N) is 8. The molecule has 0 bridgehead atoms. The third-order valence-electron chi connectivity index (χ3n) is 13.7. The molecule has 2 heterocycles. The van der Waals surface area contributed by atoms with E-state index in [2.05, 4.69) is 56.0 Å². The van der Waals surface area contributed by atoms with Crippen LogP contribution >= 0.6 is 0 Å². The van der Waals surface area contributed by atoms with Crippen LogP contribution in [0, 0.1) is 23.7 Å². The fourth-order valence-corrected chi connectivity index (χ4v) is 9.23. The molecular weight excluding hydrogens is 1030 g/mol. The van der Waals surface area contributed by atoms with E-state index in [4.69, 9.17) is 5.73 Å². The molecule has 0 spiro atoms. The quantitative estimate of drug-likeness (QED) is 0.0546. The topological polar surface area (TPSA) is 285 Å². The standard InChI is InChI=1S/C53H78N10O10.Y/c1-31(2)24-41(45(65)28-36(12-9-10-22-62(8)32(3)4)51(71)63-23-11-13-43(63)46(66)25-33(5)48(68)56-7)59-49(69)37(26-34-14-20-39(21-15-34)58-52(54)72)29-44(64)40(55-6)27-35-16-18-38(19-17-35)57-50(70)42-30-47(67)61-53(73)60-42;/h14-21,31-33,36-37,40-43,55H,9-13,22-30H2,1-8H3,(H8,54,56,57,58,59,60,61,67,68,69,70,72,73);/p-1/t33-,36+,37-,40-,41-,42-,43-;/m0./s1. The van der Waals surface area contributed by atoms with Crippen molar-refractivity contribution in [3.8, 4) is 0 Å². The minimum atomic E-state index is -1.04. The summed E-state index contributed by atoms with van der Waals surface area (Å²) in [6, 6.07) is 8.32. The third kappa shape index (κ3) is 20.0. The number of rotatable bonds is 29. The molecule has 20 nitrogen and oxygen atoms in total. The first-order valence-corrected chi connectivity index (χ1v) is 25.5. The number of nitrogens with zero attached hydrogens (tertiary/aromatic N) is 2. The molecule has 4 rings (SSSR count). The zero-order valence-electron chi connectivity index (χ0n) is 44.3. The Hall–Kier alpha value is -5.44. The van der Waals surface area contributed by atoms with Gasteiger partial charge in [0, 0.05) is 95.0 Å². The molecule has 2 aromatic rings. The van der Waals surface area contributed by atoms with Gasteiger partial charge in [0.1, 0.15) is 6.04 Å². The van der Waals surface area contributed by atoms with Crippen molar-refractivity contribution in [3.05, 3.63) is 65.4 Å². The van der Waals surface area contributed by atoms with E-state index in [1.807, 2.05) is 20.9 Å². The van der Waals surface area contributed by atoms with Crippen LogP contribution in [0.5, 0.6) is 0 Å². The number of likely N-dealkylation sites (tertiary alicyclic amines) is 1. The molecule has 0 unspecified atom stereocenters. The predicted octanol–water partition coefficient (Wildman–Crippen LogP) is 4.70. The number of amides is 9. The molecule has 7 atom stereocenters. The maximum absolute atomic E-state index is 14.6. The van der Waals surface area contributed by atoms with Crippen molar-refractivity contribution in [1.29, 1.82) is 0 Å². The number of hydrogen-bond acceptors (Lipinski definition) is 12. The molecule has 9 amide bonds. The van der Waals surface area contributed by atoms with Crippen LogP contribution in [0.2, 0.25) is 0 Å². The predicted molar refractivity (Wildman–Crippen MR) is 277 cm³/mol. The number of carbonyl (C=O) groups excluding carboxylic acids is 10. The minimum Gasteiger partial charge on any atom is -0.447 e. The summed E-state index contributed by atoms with van der Waals surface area (Å²) in [4.78, 5) is 135. The average Bonchev–Trinajstić information content (AvgIpc) is 3.84. The van der Waals surface area contributed by atoms with Crippen molar-refractivity contribution in [3.63, 3.8) is 0 Å². The number of carbonyl (C=O) groups is 10. The van der Waals surface area contributed by atoms with Gasteiger partial charge in [0.25, 0.3) is 0 Å². The number of benzene rings is 2. The van der Waals surface area contributed by atoms with Gasteiger partial charge < -0.3 is 47.4 Å². The second-order valence-corrected chi connectivity index (χ2v) is 20.2. The summed E-state index contributed by atoms with van der Waals surface area (Å²) in [7, 11) is 5.17. The van der Waals surface area contributed by atoms with Crippen LogP contribution in [0.25, 0.3) is 5.73 Å². The number of Topliss-reactive ketones (excluding diaryl/α,β-unsaturated/α-hetero) is 3. The van der Waals surface area contributed by atoms with Gasteiger partial charge in [-0.3, -0.25) is 48.5 Å². The Morgan fingerprint density at radius 3 is 1.93 bits per heavy atom. The van der Waals surface area contributed by atoms with E-state index in [0.717, 1.165) is 18.5 Å². The van der Waals surface area contributed by atoms with E-state index in [-0.39, 0.29) is 113 Å². The second-order valence-electron chi connectivity index (χ2n) is 20.2.